The minimum absolute atomic E-state index is 0.287. The molecule has 58 valence electrons. The van der Waals surface area contributed by atoms with Crippen molar-refractivity contribution >= 4 is 29.2 Å². The molecule has 1 fully saturated rings. The molecule has 1 atom stereocenters. The lowest BCUT2D eigenvalue weighted by Crippen LogP contribution is -2.10. The van der Waals surface area contributed by atoms with E-state index in [9.17, 15) is 0 Å². The van der Waals surface area contributed by atoms with Crippen LogP contribution in [0.5, 0.6) is 0 Å². The molecular weight excluding hydrogens is 168 g/mol. The van der Waals surface area contributed by atoms with Crippen molar-refractivity contribution in [1.29, 1.82) is 0 Å². The van der Waals surface area contributed by atoms with Crippen molar-refractivity contribution in [2.45, 2.75) is 12.2 Å². The van der Waals surface area contributed by atoms with Crippen LogP contribution in [0, 0.1) is 0 Å². The summed E-state index contributed by atoms with van der Waals surface area (Å²) in [7, 11) is 0. The van der Waals surface area contributed by atoms with Gasteiger partial charge < -0.3 is 9.47 Å². The molecule has 1 rings (SSSR count). The van der Waals surface area contributed by atoms with Gasteiger partial charge in [0, 0.05) is 23.2 Å². The highest BCUT2D eigenvalue weighted by atomic mass is 32.2. The normalized spacial score (nSPS) is 21.9. The maximum absolute atomic E-state index is 5.09. The van der Waals surface area contributed by atoms with Crippen LogP contribution in [0.4, 0.5) is 0 Å². The van der Waals surface area contributed by atoms with Crippen LogP contribution in [0.15, 0.2) is 0 Å². The molecule has 1 heterocycles. The first kappa shape index (κ1) is 8.14. The molecule has 0 spiro atoms. The van der Waals surface area contributed by atoms with Crippen molar-refractivity contribution in [3.63, 3.8) is 0 Å². The summed E-state index contributed by atoms with van der Waals surface area (Å²) in [6, 6.07) is 0. The third-order valence-electron chi connectivity index (χ3n) is 1.05. The summed E-state index contributed by atoms with van der Waals surface area (Å²) >= 11 is 6.63. The van der Waals surface area contributed by atoms with Crippen LogP contribution in [0.25, 0.3) is 0 Å². The van der Waals surface area contributed by atoms with E-state index in [0.717, 1.165) is 0 Å². The van der Waals surface area contributed by atoms with Gasteiger partial charge in [-0.25, -0.2) is 0 Å². The van der Waals surface area contributed by atoms with E-state index in [1.807, 2.05) is 18.7 Å². The van der Waals surface area contributed by atoms with Crippen molar-refractivity contribution < 1.29 is 9.47 Å². The molecule has 0 aromatic heterocycles. The van der Waals surface area contributed by atoms with Gasteiger partial charge in [-0.15, -0.1) is 0 Å². The van der Waals surface area contributed by atoms with E-state index in [1.165, 1.54) is 5.75 Å². The second kappa shape index (κ2) is 4.03. The van der Waals surface area contributed by atoms with Gasteiger partial charge in [-0.05, 0) is 6.92 Å². The quantitative estimate of drug-likeness (QED) is 0.480. The third-order valence-corrected chi connectivity index (χ3v) is 2.23. The van der Waals surface area contributed by atoms with Gasteiger partial charge >= 0.3 is 5.24 Å². The molecule has 0 unspecified atom stereocenters. The Morgan fingerprint density at radius 1 is 1.70 bits per heavy atom. The number of hydrogen-bond donors (Lipinski definition) is 0. The van der Waals surface area contributed by atoms with Crippen molar-refractivity contribution in [1.82, 2.24) is 0 Å². The Morgan fingerprint density at radius 2 is 2.40 bits per heavy atom. The van der Waals surface area contributed by atoms with Crippen LogP contribution in [-0.2, 0) is 9.47 Å². The van der Waals surface area contributed by atoms with Crippen LogP contribution in [0.2, 0.25) is 0 Å². The first-order valence-electron chi connectivity index (χ1n) is 3.24. The van der Waals surface area contributed by atoms with E-state index in [4.69, 9.17) is 21.7 Å². The molecular formula is C6H10O2S2. The van der Waals surface area contributed by atoms with Gasteiger partial charge in [0.05, 0.1) is 6.61 Å². The lowest BCUT2D eigenvalue weighted by Gasteiger charge is -2.04. The predicted octanol–water partition coefficient (Wildman–Crippen LogP) is 1.44. The van der Waals surface area contributed by atoms with Crippen LogP contribution in [0.3, 0.4) is 0 Å². The highest BCUT2D eigenvalue weighted by Gasteiger charge is 2.23. The fraction of sp³-hybridized carbons (Fsp3) is 0.833. The average molecular weight is 178 g/mol. The minimum Gasteiger partial charge on any atom is -0.457 e. The molecule has 4 heteroatoms. The van der Waals surface area contributed by atoms with Crippen LogP contribution < -0.4 is 0 Å². The van der Waals surface area contributed by atoms with E-state index in [2.05, 4.69) is 0 Å². The third kappa shape index (κ3) is 3.27. The minimum atomic E-state index is 0.287. The maximum Gasteiger partial charge on any atom is 0.352 e. The molecule has 0 bridgehead atoms. The number of thiocarbonyl (C=S) groups is 1. The van der Waals surface area contributed by atoms with Crippen LogP contribution in [0.1, 0.15) is 6.92 Å². The summed E-state index contributed by atoms with van der Waals surface area (Å²) in [5, 5.41) is 0.952. The molecule has 1 saturated heterocycles. The Labute approximate surface area is 70.3 Å². The lowest BCUT2D eigenvalue weighted by atomic mass is 10.5. The molecule has 1 aliphatic rings. The molecule has 0 aromatic carbocycles. The van der Waals surface area contributed by atoms with Gasteiger partial charge in [0.15, 0.2) is 0 Å². The summed E-state index contributed by atoms with van der Waals surface area (Å²) in [5.74, 6) is 1.20. The second-order valence-electron chi connectivity index (χ2n) is 1.95. The lowest BCUT2D eigenvalue weighted by molar-refractivity contribution is 0.190. The molecule has 10 heavy (non-hydrogen) atoms. The Balaban J connectivity index is 1.94. The fourth-order valence-electron chi connectivity index (χ4n) is 0.485. The standard InChI is InChI=1S/C6H10O2S2/c1-2-7-6(9)8-3-5-4-10-5/h5H,2-4H2,1H3/t5-/m0/s1. The average Bonchev–Trinajstić information content (AvgIpc) is 2.67. The molecule has 0 saturated carbocycles. The Hall–Kier alpha value is 0.0400. The largest absolute Gasteiger partial charge is 0.457 e. The molecule has 0 N–H and O–H groups in total. The maximum atomic E-state index is 5.09. The first-order chi connectivity index (χ1) is 4.83. The van der Waals surface area contributed by atoms with Crippen molar-refractivity contribution in [3.05, 3.63) is 0 Å². The molecule has 2 nitrogen and oxygen atoms in total. The van der Waals surface area contributed by atoms with Gasteiger partial charge in [-0.3, -0.25) is 0 Å². The predicted molar refractivity (Wildman–Crippen MR) is 46.4 cm³/mol. The first-order valence-corrected chi connectivity index (χ1v) is 4.69. The summed E-state index contributed by atoms with van der Waals surface area (Å²) in [6.07, 6.45) is 0. The SMILES string of the molecule is CCOC(=S)OC[C@H]1CS1. The van der Waals surface area contributed by atoms with Crippen molar-refractivity contribution in [2.24, 2.45) is 0 Å². The van der Waals surface area contributed by atoms with Gasteiger partial charge in [0.1, 0.15) is 6.61 Å². The van der Waals surface area contributed by atoms with Gasteiger partial charge in [-0.2, -0.15) is 11.8 Å². The zero-order valence-corrected chi connectivity index (χ0v) is 7.46. The summed E-state index contributed by atoms with van der Waals surface area (Å²) < 4.78 is 10.0. The Morgan fingerprint density at radius 3 is 2.90 bits per heavy atom. The highest BCUT2D eigenvalue weighted by molar-refractivity contribution is 8.06. The zero-order chi connectivity index (χ0) is 7.40. The molecule has 0 radical (unpaired) electrons. The van der Waals surface area contributed by atoms with Crippen LogP contribution in [-0.4, -0.2) is 29.5 Å². The van der Waals surface area contributed by atoms with Gasteiger partial charge in [-0.1, -0.05) is 0 Å². The fourth-order valence-corrected chi connectivity index (χ4v) is 1.07. The molecule has 0 amide bonds. The Kier molecular flexibility index (Phi) is 3.28. The highest BCUT2D eigenvalue weighted by Crippen LogP contribution is 2.29. The van der Waals surface area contributed by atoms with E-state index in [1.54, 1.807) is 0 Å². The van der Waals surface area contributed by atoms with E-state index >= 15 is 0 Å². The zero-order valence-electron chi connectivity index (χ0n) is 5.83. The number of ether oxygens (including phenoxy) is 2. The summed E-state index contributed by atoms with van der Waals surface area (Å²) in [4.78, 5) is 0. The molecule has 0 aliphatic carbocycles. The van der Waals surface area contributed by atoms with Crippen LogP contribution >= 0.6 is 24.0 Å². The summed E-state index contributed by atoms with van der Waals surface area (Å²) in [5.41, 5.74) is 0. The van der Waals surface area contributed by atoms with E-state index < -0.39 is 0 Å². The Bertz CT molecular complexity index is 123. The smallest absolute Gasteiger partial charge is 0.352 e. The van der Waals surface area contributed by atoms with Crippen molar-refractivity contribution in [2.75, 3.05) is 19.0 Å². The van der Waals surface area contributed by atoms with E-state index in [-0.39, 0.29) is 5.24 Å². The number of rotatable bonds is 3. The van der Waals surface area contributed by atoms with Gasteiger partial charge in [0.25, 0.3) is 0 Å². The number of thioether (sulfide) groups is 1. The summed E-state index contributed by atoms with van der Waals surface area (Å²) in [6.45, 7) is 3.20. The van der Waals surface area contributed by atoms with E-state index in [0.29, 0.717) is 18.5 Å². The second-order valence-corrected chi connectivity index (χ2v) is 3.62. The molecule has 0 aromatic rings. The van der Waals surface area contributed by atoms with Gasteiger partial charge in [0.2, 0.25) is 0 Å². The topological polar surface area (TPSA) is 18.5 Å². The van der Waals surface area contributed by atoms with Crippen molar-refractivity contribution in [3.8, 4) is 0 Å². The number of hydrogen-bond acceptors (Lipinski definition) is 4. The molecule has 1 aliphatic heterocycles. The monoisotopic (exact) mass is 178 g/mol.